The molecule has 0 aliphatic rings. The van der Waals surface area contributed by atoms with Crippen molar-refractivity contribution in [2.75, 3.05) is 24.4 Å². The monoisotopic (exact) mass is 525 g/mol. The second kappa shape index (κ2) is 11.4. The summed E-state index contributed by atoms with van der Waals surface area (Å²) in [6.45, 7) is 3.15. The van der Waals surface area contributed by atoms with E-state index in [1.807, 2.05) is 18.2 Å². The summed E-state index contributed by atoms with van der Waals surface area (Å²) in [4.78, 5) is 10.1. The molecule has 1 heterocycles. The van der Waals surface area contributed by atoms with Gasteiger partial charge in [0.25, 0.3) is 15.7 Å². The van der Waals surface area contributed by atoms with Crippen molar-refractivity contribution in [3.05, 3.63) is 88.1 Å². The topological polar surface area (TPSA) is 159 Å². The SMILES string of the molecule is CCc1[nH]nc2cc(OCCNC[C@H](O)c3cccc(NS(=O)(=O)c4cccc([N+](=O)[O-])c4)c3)ccc12. The van der Waals surface area contributed by atoms with E-state index in [9.17, 15) is 23.6 Å². The molecule has 0 fully saturated rings. The number of aliphatic hydroxyl groups excluding tert-OH is 1. The molecule has 11 nitrogen and oxygen atoms in total. The fourth-order valence-electron chi connectivity index (χ4n) is 3.79. The van der Waals surface area contributed by atoms with Crippen LogP contribution in [0.3, 0.4) is 0 Å². The van der Waals surface area contributed by atoms with Gasteiger partial charge in [-0.2, -0.15) is 5.10 Å². The van der Waals surface area contributed by atoms with Crippen molar-refractivity contribution in [3.63, 3.8) is 0 Å². The lowest BCUT2D eigenvalue weighted by molar-refractivity contribution is -0.385. The Hall–Kier alpha value is -4.00. The quantitative estimate of drug-likeness (QED) is 0.124. The van der Waals surface area contributed by atoms with Crippen molar-refractivity contribution >= 4 is 32.3 Å². The second-order valence-corrected chi connectivity index (χ2v) is 9.97. The van der Waals surface area contributed by atoms with E-state index in [0.717, 1.165) is 29.1 Å². The highest BCUT2D eigenvalue weighted by Crippen LogP contribution is 2.24. The average molecular weight is 526 g/mol. The van der Waals surface area contributed by atoms with Crippen LogP contribution in [0.5, 0.6) is 5.75 Å². The summed E-state index contributed by atoms with van der Waals surface area (Å²) in [6.07, 6.45) is -0.0228. The Bertz CT molecular complexity index is 1500. The van der Waals surface area contributed by atoms with Gasteiger partial charge in [0.2, 0.25) is 0 Å². The molecule has 12 heteroatoms. The van der Waals surface area contributed by atoms with Crippen molar-refractivity contribution in [2.24, 2.45) is 0 Å². The van der Waals surface area contributed by atoms with Gasteiger partial charge in [0.05, 0.1) is 21.4 Å². The molecule has 0 saturated carbocycles. The number of anilines is 1. The Morgan fingerprint density at radius 3 is 2.73 bits per heavy atom. The van der Waals surface area contributed by atoms with Gasteiger partial charge >= 0.3 is 0 Å². The summed E-state index contributed by atoms with van der Waals surface area (Å²) in [5.41, 5.74) is 2.33. The zero-order valence-electron chi connectivity index (χ0n) is 20.0. The van der Waals surface area contributed by atoms with Crippen LogP contribution < -0.4 is 14.8 Å². The van der Waals surface area contributed by atoms with Crippen LogP contribution in [0.2, 0.25) is 0 Å². The first-order chi connectivity index (χ1) is 17.8. The van der Waals surface area contributed by atoms with Crippen molar-refractivity contribution in [1.29, 1.82) is 0 Å². The molecule has 4 aromatic rings. The minimum Gasteiger partial charge on any atom is -0.492 e. The van der Waals surface area contributed by atoms with Crippen LogP contribution in [-0.4, -0.2) is 48.3 Å². The van der Waals surface area contributed by atoms with Crippen molar-refractivity contribution < 1.29 is 23.2 Å². The summed E-state index contributed by atoms with van der Waals surface area (Å²) in [7, 11) is -4.05. The number of non-ortho nitro benzene ring substituents is 1. The molecular weight excluding hydrogens is 498 g/mol. The number of aromatic amines is 1. The lowest BCUT2D eigenvalue weighted by Crippen LogP contribution is -2.26. The standard InChI is InChI=1S/C25H27N5O6S/c1-2-23-22-10-9-20(15-24(22)28-27-23)36-12-11-26-16-25(31)17-5-3-6-18(13-17)29-37(34,35)21-8-4-7-19(14-21)30(32)33/h3-10,13-15,25-26,29,31H,2,11-12,16H2,1H3,(H,27,28)/t25-/m0/s1. The first kappa shape index (κ1) is 26.1. The van der Waals surface area contributed by atoms with Crippen molar-refractivity contribution in [1.82, 2.24) is 15.5 Å². The predicted molar refractivity (Wildman–Crippen MR) is 139 cm³/mol. The van der Waals surface area contributed by atoms with Crippen LogP contribution in [0, 0.1) is 10.1 Å². The Morgan fingerprint density at radius 1 is 1.14 bits per heavy atom. The third kappa shape index (κ3) is 6.42. The molecule has 0 radical (unpaired) electrons. The zero-order chi connectivity index (χ0) is 26.4. The number of hydrogen-bond acceptors (Lipinski definition) is 8. The van der Waals surface area contributed by atoms with Gasteiger partial charge in [-0.3, -0.25) is 19.9 Å². The van der Waals surface area contributed by atoms with Crippen molar-refractivity contribution in [3.8, 4) is 5.75 Å². The molecule has 0 spiro atoms. The van der Waals surface area contributed by atoms with Gasteiger partial charge in [-0.05, 0) is 42.3 Å². The summed E-state index contributed by atoms with van der Waals surface area (Å²) in [5, 5.41) is 33.0. The van der Waals surface area contributed by atoms with E-state index < -0.39 is 21.1 Å². The van der Waals surface area contributed by atoms with Gasteiger partial charge in [0.15, 0.2) is 0 Å². The predicted octanol–water partition coefficient (Wildman–Crippen LogP) is 3.54. The summed E-state index contributed by atoms with van der Waals surface area (Å²) in [6, 6.07) is 16.9. The van der Waals surface area contributed by atoms with E-state index in [-0.39, 0.29) is 22.8 Å². The fraction of sp³-hybridized carbons (Fsp3) is 0.240. The maximum Gasteiger partial charge on any atom is 0.270 e. The summed E-state index contributed by atoms with van der Waals surface area (Å²) in [5.74, 6) is 0.702. The number of aryl methyl sites for hydroxylation is 1. The van der Waals surface area contributed by atoms with Gasteiger partial charge in [-0.25, -0.2) is 8.42 Å². The molecule has 0 aliphatic carbocycles. The number of rotatable bonds is 12. The van der Waals surface area contributed by atoms with Gasteiger partial charge in [0, 0.05) is 48.1 Å². The maximum absolute atomic E-state index is 12.7. The number of nitro groups is 1. The lowest BCUT2D eigenvalue weighted by Gasteiger charge is -2.15. The number of aromatic nitrogens is 2. The Kier molecular flexibility index (Phi) is 8.01. The fourth-order valence-corrected chi connectivity index (χ4v) is 4.88. The highest BCUT2D eigenvalue weighted by molar-refractivity contribution is 7.92. The molecule has 0 aliphatic heterocycles. The van der Waals surface area contributed by atoms with Crippen LogP contribution in [0.15, 0.2) is 71.6 Å². The first-order valence-corrected chi connectivity index (χ1v) is 13.1. The van der Waals surface area contributed by atoms with Crippen LogP contribution >= 0.6 is 0 Å². The van der Waals surface area contributed by atoms with E-state index in [2.05, 4.69) is 27.2 Å². The molecule has 0 saturated heterocycles. The van der Waals surface area contributed by atoms with E-state index in [4.69, 9.17) is 4.74 Å². The molecule has 37 heavy (non-hydrogen) atoms. The number of nitrogens with zero attached hydrogens (tertiary/aromatic N) is 2. The van der Waals surface area contributed by atoms with Crippen LogP contribution in [0.1, 0.15) is 24.3 Å². The number of fused-ring (bicyclic) bond motifs is 1. The number of sulfonamides is 1. The summed E-state index contributed by atoms with van der Waals surface area (Å²) >= 11 is 0. The van der Waals surface area contributed by atoms with Gasteiger partial charge in [-0.15, -0.1) is 0 Å². The lowest BCUT2D eigenvalue weighted by atomic mass is 10.1. The number of benzene rings is 3. The largest absolute Gasteiger partial charge is 0.492 e. The number of H-pyrrole nitrogens is 1. The molecule has 194 valence electrons. The van der Waals surface area contributed by atoms with Gasteiger partial charge in [-0.1, -0.05) is 25.1 Å². The molecule has 0 amide bonds. The van der Waals surface area contributed by atoms with Crippen LogP contribution in [0.25, 0.3) is 10.9 Å². The normalized spacial score (nSPS) is 12.4. The third-order valence-electron chi connectivity index (χ3n) is 5.71. The smallest absolute Gasteiger partial charge is 0.270 e. The molecule has 0 bridgehead atoms. The molecule has 0 unspecified atom stereocenters. The number of ether oxygens (including phenoxy) is 1. The number of nitrogens with one attached hydrogen (secondary N) is 3. The Labute approximate surface area is 213 Å². The number of nitro benzene ring substituents is 1. The molecule has 1 aromatic heterocycles. The highest BCUT2D eigenvalue weighted by atomic mass is 32.2. The third-order valence-corrected chi connectivity index (χ3v) is 7.09. The molecular formula is C25H27N5O6S. The number of aliphatic hydroxyl groups is 1. The summed E-state index contributed by atoms with van der Waals surface area (Å²) < 4.78 is 33.5. The number of hydrogen-bond donors (Lipinski definition) is 4. The van der Waals surface area contributed by atoms with Gasteiger partial charge < -0.3 is 15.2 Å². The van der Waals surface area contributed by atoms with Gasteiger partial charge in [0.1, 0.15) is 12.4 Å². The first-order valence-electron chi connectivity index (χ1n) is 11.6. The molecule has 4 N–H and O–H groups in total. The molecule has 4 rings (SSSR count). The highest BCUT2D eigenvalue weighted by Gasteiger charge is 2.18. The minimum atomic E-state index is -4.05. The average Bonchev–Trinajstić information content (AvgIpc) is 3.30. The van der Waals surface area contributed by atoms with E-state index >= 15 is 0 Å². The Balaban J connectivity index is 1.29. The Morgan fingerprint density at radius 2 is 1.95 bits per heavy atom. The van der Waals surface area contributed by atoms with E-state index in [1.165, 1.54) is 30.3 Å². The van der Waals surface area contributed by atoms with E-state index in [1.54, 1.807) is 12.1 Å². The van der Waals surface area contributed by atoms with Crippen LogP contribution in [-0.2, 0) is 16.4 Å². The van der Waals surface area contributed by atoms with E-state index in [0.29, 0.717) is 24.5 Å². The molecule has 1 atom stereocenters. The minimum absolute atomic E-state index is 0.225. The maximum atomic E-state index is 12.7. The second-order valence-electron chi connectivity index (χ2n) is 8.29. The zero-order valence-corrected chi connectivity index (χ0v) is 20.9. The van der Waals surface area contributed by atoms with Crippen molar-refractivity contribution in [2.45, 2.75) is 24.3 Å². The molecule has 3 aromatic carbocycles. The van der Waals surface area contributed by atoms with Crippen LogP contribution in [0.4, 0.5) is 11.4 Å².